The van der Waals surface area contributed by atoms with Crippen LogP contribution in [-0.2, 0) is 27.2 Å². The molecule has 0 fully saturated rings. The van der Waals surface area contributed by atoms with Crippen molar-refractivity contribution in [3.63, 3.8) is 0 Å². The van der Waals surface area contributed by atoms with Crippen molar-refractivity contribution in [2.75, 3.05) is 13.7 Å². The Morgan fingerprint density at radius 3 is 2.52 bits per heavy atom. The molecule has 6 nitrogen and oxygen atoms in total. The van der Waals surface area contributed by atoms with Gasteiger partial charge >= 0.3 is 5.97 Å². The minimum atomic E-state index is -0.838. The van der Waals surface area contributed by atoms with Gasteiger partial charge in [0, 0.05) is 0 Å². The largest absolute Gasteiger partial charge is 0.497 e. The fraction of sp³-hybridized carbons (Fsp3) is 0.320. The van der Waals surface area contributed by atoms with Gasteiger partial charge in [0.25, 0.3) is 5.91 Å². The number of nitrogens with one attached hydrogen (secondary N) is 1. The number of hydrogen-bond donors (Lipinski definition) is 1. The van der Waals surface area contributed by atoms with Crippen molar-refractivity contribution in [2.24, 2.45) is 0 Å². The molecule has 0 heterocycles. The van der Waals surface area contributed by atoms with Crippen LogP contribution >= 0.6 is 0 Å². The maximum atomic E-state index is 12.3. The Bertz CT molecular complexity index is 1020. The number of carbonyl (C=O) groups excluding carboxylic acids is 2. The molecule has 0 unspecified atom stereocenters. The summed E-state index contributed by atoms with van der Waals surface area (Å²) in [6.07, 6.45) is 6.01. The third-order valence-corrected chi connectivity index (χ3v) is 5.35. The second-order valence-corrected chi connectivity index (χ2v) is 7.54. The van der Waals surface area contributed by atoms with E-state index < -0.39 is 18.5 Å². The zero-order valence-corrected chi connectivity index (χ0v) is 17.8. The molecule has 2 aromatic carbocycles. The second kappa shape index (κ2) is 10.4. The van der Waals surface area contributed by atoms with Gasteiger partial charge in [-0.1, -0.05) is 30.3 Å². The molecular weight excluding hydrogens is 392 g/mol. The van der Waals surface area contributed by atoms with E-state index in [0.717, 1.165) is 18.4 Å². The molecule has 0 saturated carbocycles. The normalized spacial score (nSPS) is 14.0. The third-order valence-electron chi connectivity index (χ3n) is 5.35. The fourth-order valence-corrected chi connectivity index (χ4v) is 3.60. The average Bonchev–Trinajstić information content (AvgIpc) is 2.81. The molecular formula is C25H26N2O4. The van der Waals surface area contributed by atoms with Crippen molar-refractivity contribution in [3.8, 4) is 11.8 Å². The highest BCUT2D eigenvalue weighted by atomic mass is 16.5. The standard InChI is InChI=1S/C25H26N2O4/c1-17(20-10-9-19-5-3-4-6-21(19)14-20)27-24(28)16-31-25(29)22(15-26)13-18-7-11-23(30-2)12-8-18/h7-14,17H,3-6,16H2,1-2H3,(H,27,28)/b22-13+/t17-/m1/s1. The number of aryl methyl sites for hydroxylation is 2. The predicted octanol–water partition coefficient (Wildman–Crippen LogP) is 3.90. The number of amides is 1. The number of esters is 1. The SMILES string of the molecule is COc1ccc(/C=C(\C#N)C(=O)OCC(=O)N[C@H](C)c2ccc3c(c2)CCCC3)cc1. The highest BCUT2D eigenvalue weighted by Gasteiger charge is 2.17. The first-order valence-electron chi connectivity index (χ1n) is 10.3. The zero-order chi connectivity index (χ0) is 22.2. The van der Waals surface area contributed by atoms with Crippen LogP contribution in [0.2, 0.25) is 0 Å². The lowest BCUT2D eigenvalue weighted by atomic mass is 9.89. The molecule has 1 atom stereocenters. The van der Waals surface area contributed by atoms with Gasteiger partial charge in [-0.25, -0.2) is 4.79 Å². The van der Waals surface area contributed by atoms with E-state index in [1.165, 1.54) is 30.0 Å². The summed E-state index contributed by atoms with van der Waals surface area (Å²) in [4.78, 5) is 24.5. The molecule has 0 spiro atoms. The Morgan fingerprint density at radius 1 is 1.13 bits per heavy atom. The molecule has 31 heavy (non-hydrogen) atoms. The summed E-state index contributed by atoms with van der Waals surface area (Å²) < 4.78 is 10.1. The van der Waals surface area contributed by atoms with Crippen LogP contribution in [0.25, 0.3) is 6.08 Å². The van der Waals surface area contributed by atoms with Crippen LogP contribution in [-0.4, -0.2) is 25.6 Å². The molecule has 1 amide bonds. The van der Waals surface area contributed by atoms with Crippen molar-refractivity contribution in [1.82, 2.24) is 5.32 Å². The molecule has 0 aliphatic heterocycles. The molecule has 3 rings (SSSR count). The number of nitriles is 1. The number of hydrogen-bond acceptors (Lipinski definition) is 5. The first-order chi connectivity index (χ1) is 15.0. The van der Waals surface area contributed by atoms with E-state index in [2.05, 4.69) is 17.4 Å². The molecule has 0 saturated heterocycles. The highest BCUT2D eigenvalue weighted by Crippen LogP contribution is 2.24. The molecule has 1 aliphatic rings. The van der Waals surface area contributed by atoms with Crippen molar-refractivity contribution < 1.29 is 19.1 Å². The number of methoxy groups -OCH3 is 1. The minimum Gasteiger partial charge on any atom is -0.497 e. The molecule has 0 bridgehead atoms. The summed E-state index contributed by atoms with van der Waals surface area (Å²) in [6.45, 7) is 1.45. The van der Waals surface area contributed by atoms with Gasteiger partial charge in [-0.2, -0.15) is 5.26 Å². The lowest BCUT2D eigenvalue weighted by Gasteiger charge is -2.20. The summed E-state index contributed by atoms with van der Waals surface area (Å²) in [5.41, 5.74) is 4.23. The summed E-state index contributed by atoms with van der Waals surface area (Å²) in [6, 6.07) is 14.8. The molecule has 160 valence electrons. The van der Waals surface area contributed by atoms with Gasteiger partial charge < -0.3 is 14.8 Å². The molecule has 0 aromatic heterocycles. The van der Waals surface area contributed by atoms with Crippen LogP contribution in [0, 0.1) is 11.3 Å². The summed E-state index contributed by atoms with van der Waals surface area (Å²) >= 11 is 0. The van der Waals surface area contributed by atoms with E-state index in [1.54, 1.807) is 31.4 Å². The van der Waals surface area contributed by atoms with Gasteiger partial charge in [0.15, 0.2) is 6.61 Å². The van der Waals surface area contributed by atoms with Gasteiger partial charge in [-0.15, -0.1) is 0 Å². The smallest absolute Gasteiger partial charge is 0.349 e. The van der Waals surface area contributed by atoms with E-state index in [4.69, 9.17) is 9.47 Å². The predicted molar refractivity (Wildman–Crippen MR) is 117 cm³/mol. The van der Waals surface area contributed by atoms with E-state index in [0.29, 0.717) is 11.3 Å². The van der Waals surface area contributed by atoms with Crippen LogP contribution in [0.4, 0.5) is 0 Å². The van der Waals surface area contributed by atoms with Crippen LogP contribution < -0.4 is 10.1 Å². The van der Waals surface area contributed by atoms with Crippen molar-refractivity contribution in [2.45, 2.75) is 38.6 Å². The van der Waals surface area contributed by atoms with Gasteiger partial charge in [0.2, 0.25) is 0 Å². The number of benzene rings is 2. The zero-order valence-electron chi connectivity index (χ0n) is 17.8. The van der Waals surface area contributed by atoms with E-state index in [1.807, 2.05) is 19.1 Å². The summed E-state index contributed by atoms with van der Waals surface area (Å²) in [7, 11) is 1.56. The van der Waals surface area contributed by atoms with Crippen LogP contribution in [0.15, 0.2) is 48.0 Å². The first kappa shape index (κ1) is 22.1. The van der Waals surface area contributed by atoms with Crippen LogP contribution in [0.5, 0.6) is 5.75 Å². The Balaban J connectivity index is 1.54. The van der Waals surface area contributed by atoms with Crippen LogP contribution in [0.1, 0.15) is 48.1 Å². The number of carbonyl (C=O) groups is 2. The summed E-state index contributed by atoms with van der Waals surface area (Å²) in [5, 5.41) is 12.1. The Kier molecular flexibility index (Phi) is 7.45. The van der Waals surface area contributed by atoms with Crippen molar-refractivity contribution >= 4 is 18.0 Å². The van der Waals surface area contributed by atoms with Crippen LogP contribution in [0.3, 0.4) is 0 Å². The Morgan fingerprint density at radius 2 is 1.84 bits per heavy atom. The van der Waals surface area contributed by atoms with E-state index in [-0.39, 0.29) is 11.6 Å². The quantitative estimate of drug-likeness (QED) is 0.418. The molecule has 2 aromatic rings. The average molecular weight is 418 g/mol. The topological polar surface area (TPSA) is 88.4 Å². The maximum absolute atomic E-state index is 12.3. The lowest BCUT2D eigenvalue weighted by molar-refractivity contribution is -0.144. The Labute approximate surface area is 182 Å². The van der Waals surface area contributed by atoms with Crippen molar-refractivity contribution in [1.29, 1.82) is 5.26 Å². The maximum Gasteiger partial charge on any atom is 0.349 e. The third kappa shape index (κ3) is 5.95. The monoisotopic (exact) mass is 418 g/mol. The number of fused-ring (bicyclic) bond motifs is 1. The lowest BCUT2D eigenvalue weighted by Crippen LogP contribution is -2.31. The second-order valence-electron chi connectivity index (χ2n) is 7.54. The molecule has 1 aliphatic carbocycles. The number of rotatable bonds is 7. The minimum absolute atomic E-state index is 0.180. The van der Waals surface area contributed by atoms with Gasteiger partial charge in [-0.3, -0.25) is 4.79 Å². The van der Waals surface area contributed by atoms with Gasteiger partial charge in [0.05, 0.1) is 13.2 Å². The summed E-state index contributed by atoms with van der Waals surface area (Å²) in [5.74, 6) is -0.585. The van der Waals surface area contributed by atoms with E-state index in [9.17, 15) is 14.9 Å². The number of ether oxygens (including phenoxy) is 2. The van der Waals surface area contributed by atoms with Gasteiger partial charge in [0.1, 0.15) is 17.4 Å². The Hall–Kier alpha value is -3.59. The number of nitrogens with zero attached hydrogens (tertiary/aromatic N) is 1. The molecule has 0 radical (unpaired) electrons. The van der Waals surface area contributed by atoms with E-state index >= 15 is 0 Å². The molecule has 6 heteroatoms. The highest BCUT2D eigenvalue weighted by molar-refractivity contribution is 5.98. The fourth-order valence-electron chi connectivity index (χ4n) is 3.60. The first-order valence-corrected chi connectivity index (χ1v) is 10.3. The van der Waals surface area contributed by atoms with Crippen molar-refractivity contribution in [3.05, 3.63) is 70.3 Å². The molecule has 1 N–H and O–H groups in total. The van der Waals surface area contributed by atoms with Gasteiger partial charge in [-0.05, 0) is 73.1 Å².